The van der Waals surface area contributed by atoms with Gasteiger partial charge in [-0.2, -0.15) is 0 Å². The Morgan fingerprint density at radius 1 is 1.17 bits per heavy atom. The van der Waals surface area contributed by atoms with E-state index in [4.69, 9.17) is 11.6 Å². The number of nitrogens with one attached hydrogen (secondary N) is 1. The molecule has 2 aliphatic rings. The molecule has 2 fully saturated rings. The molecule has 0 atom stereocenters. The predicted molar refractivity (Wildman–Crippen MR) is 95.3 cm³/mol. The fourth-order valence-electron chi connectivity index (χ4n) is 3.11. The van der Waals surface area contributed by atoms with Crippen LogP contribution in [0, 0.1) is 11.8 Å². The Hall–Kier alpha value is -1.66. The van der Waals surface area contributed by atoms with E-state index >= 15 is 0 Å². The standard InChI is InChI=1S/C17H18ClN3O2S/c18-12-3-4-13-14(9-12)24-17(19-13)20-15(22)10-5-7-21(8-6-10)16(23)11-1-2-11/h3-4,9-11H,1-2,5-8H2,(H,19,20,22). The monoisotopic (exact) mass is 363 g/mol. The fourth-order valence-corrected chi connectivity index (χ4v) is 4.25. The maximum atomic E-state index is 12.5. The fraction of sp³-hybridized carbons (Fsp3) is 0.471. The van der Waals surface area contributed by atoms with Crippen LogP contribution in [0.15, 0.2) is 18.2 Å². The zero-order chi connectivity index (χ0) is 16.7. The summed E-state index contributed by atoms with van der Waals surface area (Å²) >= 11 is 7.41. The number of piperidine rings is 1. The second-order valence-corrected chi connectivity index (χ2v) is 7.96. The van der Waals surface area contributed by atoms with E-state index in [0.29, 0.717) is 23.2 Å². The lowest BCUT2D eigenvalue weighted by Gasteiger charge is -2.31. The third kappa shape index (κ3) is 3.26. The SMILES string of the molecule is O=C(Nc1nc2ccc(Cl)cc2s1)C1CCN(C(=O)C2CC2)CC1. The molecule has 1 saturated heterocycles. The topological polar surface area (TPSA) is 62.3 Å². The Bertz CT molecular complexity index is 794. The molecule has 7 heteroatoms. The average Bonchev–Trinajstić information content (AvgIpc) is 3.35. The van der Waals surface area contributed by atoms with Crippen molar-refractivity contribution in [1.29, 1.82) is 0 Å². The second kappa shape index (κ2) is 6.33. The van der Waals surface area contributed by atoms with Crippen molar-refractivity contribution in [2.24, 2.45) is 11.8 Å². The molecular formula is C17H18ClN3O2S. The molecule has 126 valence electrons. The van der Waals surface area contributed by atoms with Gasteiger partial charge in [0.25, 0.3) is 0 Å². The number of thiazole rings is 1. The lowest BCUT2D eigenvalue weighted by atomic mass is 9.95. The van der Waals surface area contributed by atoms with Gasteiger partial charge in [0, 0.05) is 29.9 Å². The summed E-state index contributed by atoms with van der Waals surface area (Å²) in [6.45, 7) is 1.37. The molecule has 0 radical (unpaired) electrons. The molecule has 1 aromatic carbocycles. The van der Waals surface area contributed by atoms with Crippen LogP contribution in [0.5, 0.6) is 0 Å². The number of nitrogens with zero attached hydrogens (tertiary/aromatic N) is 2. The van der Waals surface area contributed by atoms with Gasteiger partial charge in [-0.25, -0.2) is 4.98 Å². The van der Waals surface area contributed by atoms with E-state index in [1.165, 1.54) is 11.3 Å². The van der Waals surface area contributed by atoms with Crippen LogP contribution in [0.25, 0.3) is 10.2 Å². The van der Waals surface area contributed by atoms with Gasteiger partial charge in [-0.1, -0.05) is 22.9 Å². The van der Waals surface area contributed by atoms with E-state index in [1.54, 1.807) is 6.07 Å². The highest BCUT2D eigenvalue weighted by Crippen LogP contribution is 2.33. The molecule has 24 heavy (non-hydrogen) atoms. The molecule has 1 aliphatic carbocycles. The first-order valence-electron chi connectivity index (χ1n) is 8.26. The third-order valence-electron chi connectivity index (χ3n) is 4.68. The molecule has 1 saturated carbocycles. The van der Waals surface area contributed by atoms with Crippen molar-refractivity contribution < 1.29 is 9.59 Å². The smallest absolute Gasteiger partial charge is 0.229 e. The summed E-state index contributed by atoms with van der Waals surface area (Å²) in [5.41, 5.74) is 0.838. The van der Waals surface area contributed by atoms with Crippen LogP contribution in [-0.4, -0.2) is 34.8 Å². The van der Waals surface area contributed by atoms with Gasteiger partial charge in [0.1, 0.15) is 0 Å². The van der Waals surface area contributed by atoms with Crippen molar-refractivity contribution in [3.63, 3.8) is 0 Å². The molecule has 5 nitrogen and oxygen atoms in total. The molecule has 1 N–H and O–H groups in total. The zero-order valence-electron chi connectivity index (χ0n) is 13.1. The minimum absolute atomic E-state index is 0.00123. The van der Waals surface area contributed by atoms with Gasteiger partial charge in [0.05, 0.1) is 10.2 Å². The van der Waals surface area contributed by atoms with Crippen molar-refractivity contribution in [1.82, 2.24) is 9.88 Å². The van der Waals surface area contributed by atoms with Crippen molar-refractivity contribution >= 4 is 50.1 Å². The highest BCUT2D eigenvalue weighted by Gasteiger charge is 2.36. The number of fused-ring (bicyclic) bond motifs is 1. The molecule has 2 heterocycles. The van der Waals surface area contributed by atoms with Gasteiger partial charge in [-0.05, 0) is 43.9 Å². The Morgan fingerprint density at radius 3 is 2.62 bits per heavy atom. The minimum Gasteiger partial charge on any atom is -0.342 e. The molecule has 0 spiro atoms. The third-order valence-corrected chi connectivity index (χ3v) is 5.85. The van der Waals surface area contributed by atoms with Crippen LogP contribution in [0.1, 0.15) is 25.7 Å². The summed E-state index contributed by atoms with van der Waals surface area (Å²) in [4.78, 5) is 30.9. The van der Waals surface area contributed by atoms with E-state index in [1.807, 2.05) is 17.0 Å². The summed E-state index contributed by atoms with van der Waals surface area (Å²) in [5, 5.41) is 4.19. The van der Waals surface area contributed by atoms with Gasteiger partial charge in [-0.15, -0.1) is 0 Å². The summed E-state index contributed by atoms with van der Waals surface area (Å²) in [6, 6.07) is 5.50. The number of hydrogen-bond donors (Lipinski definition) is 1. The van der Waals surface area contributed by atoms with Crippen LogP contribution in [0.3, 0.4) is 0 Å². The van der Waals surface area contributed by atoms with E-state index in [9.17, 15) is 9.59 Å². The Balaban J connectivity index is 1.36. The molecule has 1 aromatic heterocycles. The maximum absolute atomic E-state index is 12.5. The number of rotatable bonds is 3. The Kier molecular flexibility index (Phi) is 4.18. The number of likely N-dealkylation sites (tertiary alicyclic amines) is 1. The predicted octanol–water partition coefficient (Wildman–Crippen LogP) is 3.54. The van der Waals surface area contributed by atoms with Gasteiger partial charge in [0.15, 0.2) is 5.13 Å². The molecule has 2 amide bonds. The minimum atomic E-state index is -0.0520. The molecule has 0 bridgehead atoms. The second-order valence-electron chi connectivity index (χ2n) is 6.49. The van der Waals surface area contributed by atoms with Crippen molar-refractivity contribution in [3.8, 4) is 0 Å². The average molecular weight is 364 g/mol. The van der Waals surface area contributed by atoms with E-state index < -0.39 is 0 Å². The summed E-state index contributed by atoms with van der Waals surface area (Å²) in [5.74, 6) is 0.476. The number of carbonyl (C=O) groups excluding carboxylic acids is 2. The van der Waals surface area contributed by atoms with Crippen LogP contribution < -0.4 is 5.32 Å². The number of amides is 2. The summed E-state index contributed by atoms with van der Waals surface area (Å²) < 4.78 is 0.961. The highest BCUT2D eigenvalue weighted by molar-refractivity contribution is 7.22. The first-order chi connectivity index (χ1) is 11.6. The molecular weight excluding hydrogens is 346 g/mol. The van der Waals surface area contributed by atoms with Crippen LogP contribution in [-0.2, 0) is 9.59 Å². The number of carbonyl (C=O) groups is 2. The number of aromatic nitrogens is 1. The number of benzene rings is 1. The van der Waals surface area contributed by atoms with Gasteiger partial charge in [0.2, 0.25) is 11.8 Å². The van der Waals surface area contributed by atoms with Gasteiger partial charge in [-0.3, -0.25) is 9.59 Å². The van der Waals surface area contributed by atoms with E-state index in [-0.39, 0.29) is 23.7 Å². The van der Waals surface area contributed by atoms with Crippen LogP contribution in [0.4, 0.5) is 5.13 Å². The Labute approximate surface area is 149 Å². The van der Waals surface area contributed by atoms with Crippen LogP contribution in [0.2, 0.25) is 5.02 Å². The molecule has 4 rings (SSSR count). The first-order valence-corrected chi connectivity index (χ1v) is 9.45. The number of anilines is 1. The van der Waals surface area contributed by atoms with E-state index in [2.05, 4.69) is 10.3 Å². The highest BCUT2D eigenvalue weighted by atomic mass is 35.5. The molecule has 2 aromatic rings. The lowest BCUT2D eigenvalue weighted by molar-refractivity contribution is -0.135. The number of hydrogen-bond acceptors (Lipinski definition) is 4. The summed E-state index contributed by atoms with van der Waals surface area (Å²) in [6.07, 6.45) is 3.50. The van der Waals surface area contributed by atoms with E-state index in [0.717, 1.165) is 35.9 Å². The molecule has 0 unspecified atom stereocenters. The van der Waals surface area contributed by atoms with Gasteiger partial charge < -0.3 is 10.2 Å². The van der Waals surface area contributed by atoms with Gasteiger partial charge >= 0.3 is 0 Å². The first kappa shape index (κ1) is 15.8. The van der Waals surface area contributed by atoms with Crippen molar-refractivity contribution in [2.45, 2.75) is 25.7 Å². The summed E-state index contributed by atoms with van der Waals surface area (Å²) in [7, 11) is 0. The van der Waals surface area contributed by atoms with Crippen LogP contribution >= 0.6 is 22.9 Å². The Morgan fingerprint density at radius 2 is 1.92 bits per heavy atom. The van der Waals surface area contributed by atoms with Crippen molar-refractivity contribution in [2.75, 3.05) is 18.4 Å². The quantitative estimate of drug-likeness (QED) is 0.907. The molecule has 1 aliphatic heterocycles. The lowest BCUT2D eigenvalue weighted by Crippen LogP contribution is -2.42. The maximum Gasteiger partial charge on any atom is 0.229 e. The zero-order valence-corrected chi connectivity index (χ0v) is 14.7. The normalized spacial score (nSPS) is 18.8. The van der Waals surface area contributed by atoms with Crippen molar-refractivity contribution in [3.05, 3.63) is 23.2 Å². The number of halogens is 1. The largest absolute Gasteiger partial charge is 0.342 e.